The highest BCUT2D eigenvalue weighted by atomic mass is 32.2. The van der Waals surface area contributed by atoms with Gasteiger partial charge >= 0.3 is 0 Å². The summed E-state index contributed by atoms with van der Waals surface area (Å²) in [6, 6.07) is -0.640. The highest BCUT2D eigenvalue weighted by Crippen LogP contribution is 2.01. The Morgan fingerprint density at radius 3 is 2.78 bits per heavy atom. The summed E-state index contributed by atoms with van der Waals surface area (Å²) in [5.74, 6) is -0.444. The monoisotopic (exact) mass is 149 g/mol. The largest absolute Gasteiger partial charge is 0.548 e. The Kier molecular flexibility index (Phi) is 1.94. The summed E-state index contributed by atoms with van der Waals surface area (Å²) in [5.41, 5.74) is 0. The molecule has 0 aliphatic carbocycles. The third-order valence-corrected chi connectivity index (χ3v) is 2.36. The molecule has 1 heterocycles. The van der Waals surface area contributed by atoms with Gasteiger partial charge in [-0.3, -0.25) is 5.32 Å². The van der Waals surface area contributed by atoms with E-state index in [1.807, 2.05) is 0 Å². The number of carboxylic acid groups (broad SMARTS) is 1. The number of rotatable bonds is 1. The van der Waals surface area contributed by atoms with Gasteiger partial charge < -0.3 is 9.90 Å². The van der Waals surface area contributed by atoms with Crippen LogP contribution in [0.5, 0.6) is 0 Å². The predicted octanol–water partition coefficient (Wildman–Crippen LogP) is -2.24. The molecule has 2 N–H and O–H groups in total. The van der Waals surface area contributed by atoms with Crippen LogP contribution < -0.4 is 10.4 Å². The van der Waals surface area contributed by atoms with Crippen molar-refractivity contribution in [1.29, 1.82) is 0 Å². The fraction of sp³-hybridized carbons (Fsp3) is 0.750. The molecular formula is C4H7NO3S. The summed E-state index contributed by atoms with van der Waals surface area (Å²) in [7, 11) is 0. The second-order valence-corrected chi connectivity index (χ2v) is 3.40. The molecule has 2 atom stereocenters. The molecule has 1 aliphatic rings. The molecule has 9 heavy (non-hydrogen) atoms. The van der Waals surface area contributed by atoms with Gasteiger partial charge in [0.25, 0.3) is 0 Å². The molecule has 1 saturated heterocycles. The van der Waals surface area contributed by atoms with E-state index >= 15 is 0 Å². The van der Waals surface area contributed by atoms with Crippen molar-refractivity contribution >= 4 is 17.1 Å². The molecule has 0 bridgehead atoms. The lowest BCUT2D eigenvalue weighted by atomic mass is 10.4. The van der Waals surface area contributed by atoms with E-state index in [1.54, 1.807) is 0 Å². The molecule has 1 unspecified atom stereocenters. The van der Waals surface area contributed by atoms with Crippen molar-refractivity contribution in [1.82, 2.24) is 5.32 Å². The molecule has 0 amide bonds. The first-order valence-corrected chi connectivity index (χ1v) is 4.03. The average molecular weight is 149 g/mol. The van der Waals surface area contributed by atoms with Crippen molar-refractivity contribution in [2.45, 2.75) is 6.04 Å². The maximum absolute atomic E-state index is 10.1. The van der Waals surface area contributed by atoms with Crippen LogP contribution in [0.25, 0.3) is 0 Å². The van der Waals surface area contributed by atoms with Crippen LogP contribution in [0.3, 0.4) is 0 Å². The predicted molar refractivity (Wildman–Crippen MR) is 31.7 cm³/mol. The van der Waals surface area contributed by atoms with Crippen LogP contribution in [-0.2, 0) is 16.0 Å². The molecule has 0 aromatic carbocycles. The van der Waals surface area contributed by atoms with E-state index in [0.29, 0.717) is 11.6 Å². The summed E-state index contributed by atoms with van der Waals surface area (Å²) in [5, 5.41) is 12.7. The molecule has 52 valence electrons. The topological polar surface area (TPSA) is 72.4 Å². The lowest BCUT2D eigenvalue weighted by Gasteiger charge is -2.04. The second-order valence-electron chi connectivity index (χ2n) is 1.85. The summed E-state index contributed by atoms with van der Waals surface area (Å²) in [6.07, 6.45) is 0. The van der Waals surface area contributed by atoms with Crippen LogP contribution in [0, 0.1) is 0 Å². The molecular weight excluding hydrogens is 142 g/mol. The molecule has 4 nitrogen and oxygen atoms in total. The zero-order valence-electron chi connectivity index (χ0n) is 4.66. The van der Waals surface area contributed by atoms with Gasteiger partial charge in [0.15, 0.2) is 22.8 Å². The van der Waals surface area contributed by atoms with Gasteiger partial charge in [0, 0.05) is 0 Å². The van der Waals surface area contributed by atoms with Gasteiger partial charge in [-0.2, -0.15) is 4.55 Å². The first-order chi connectivity index (χ1) is 4.20. The van der Waals surface area contributed by atoms with Crippen molar-refractivity contribution in [2.75, 3.05) is 11.6 Å². The van der Waals surface area contributed by atoms with Gasteiger partial charge in [0.2, 0.25) is 0 Å². The smallest absolute Gasteiger partial charge is 0.193 e. The van der Waals surface area contributed by atoms with Gasteiger partial charge in [-0.15, -0.1) is 0 Å². The fourth-order valence-electron chi connectivity index (χ4n) is 0.658. The number of hydrogen-bond donors (Lipinski definition) is 2. The van der Waals surface area contributed by atoms with E-state index in [-0.39, 0.29) is 0 Å². The first kappa shape index (κ1) is 6.85. The molecule has 0 radical (unpaired) electrons. The number of nitrogens with one attached hydrogen (secondary N) is 1. The van der Waals surface area contributed by atoms with Crippen LogP contribution in [0.15, 0.2) is 0 Å². The third-order valence-electron chi connectivity index (χ3n) is 1.14. The summed E-state index contributed by atoms with van der Waals surface area (Å²) < 4.78 is 8.82. The van der Waals surface area contributed by atoms with Gasteiger partial charge in [-0.25, -0.2) is 0 Å². The number of carboxylic acids is 1. The zero-order chi connectivity index (χ0) is 6.85. The molecule has 0 aromatic heterocycles. The van der Waals surface area contributed by atoms with Gasteiger partial charge in [-0.05, 0) is 0 Å². The van der Waals surface area contributed by atoms with Crippen LogP contribution in [0.1, 0.15) is 0 Å². The summed E-state index contributed by atoms with van der Waals surface area (Å²) in [4.78, 5) is 10.1. The Balaban J connectivity index is 2.39. The van der Waals surface area contributed by atoms with E-state index in [2.05, 4.69) is 5.32 Å². The van der Waals surface area contributed by atoms with Crippen molar-refractivity contribution in [3.63, 3.8) is 0 Å². The minimum absolute atomic E-state index is 0.294. The summed E-state index contributed by atoms with van der Waals surface area (Å²) in [6.45, 7) is 0. The Bertz CT molecular complexity index is 129. The minimum Gasteiger partial charge on any atom is -0.548 e. The van der Waals surface area contributed by atoms with Crippen LogP contribution >= 0.6 is 0 Å². The van der Waals surface area contributed by atoms with Crippen molar-refractivity contribution < 1.29 is 14.5 Å². The second kappa shape index (κ2) is 2.55. The quantitative estimate of drug-likeness (QED) is 0.413. The van der Waals surface area contributed by atoms with Gasteiger partial charge in [0.1, 0.15) is 0 Å². The highest BCUT2D eigenvalue weighted by molar-refractivity contribution is 7.91. The molecule has 0 spiro atoms. The molecule has 1 aliphatic heterocycles. The van der Waals surface area contributed by atoms with Crippen molar-refractivity contribution in [3.05, 3.63) is 0 Å². The fourth-order valence-corrected chi connectivity index (χ4v) is 1.81. The van der Waals surface area contributed by atoms with Crippen LogP contribution in [-0.4, -0.2) is 28.2 Å². The summed E-state index contributed by atoms with van der Waals surface area (Å²) >= 11 is -0.755. The number of aliphatic carboxylic acids is 1. The third kappa shape index (κ3) is 1.57. The maximum Gasteiger partial charge on any atom is 0.193 e. The highest BCUT2D eigenvalue weighted by Gasteiger charge is 2.31. The van der Waals surface area contributed by atoms with E-state index in [9.17, 15) is 9.90 Å². The van der Waals surface area contributed by atoms with Gasteiger partial charge in [0.05, 0.1) is 12.0 Å². The lowest BCUT2D eigenvalue weighted by molar-refractivity contribution is -0.307. The Morgan fingerprint density at radius 2 is 2.56 bits per heavy atom. The molecule has 0 aromatic rings. The normalized spacial score (nSPS) is 34.8. The molecule has 0 saturated carbocycles. The van der Waals surface area contributed by atoms with Gasteiger partial charge in [-0.1, -0.05) is 0 Å². The Hall–Kier alpha value is -0.260. The number of hydrogen-bond acceptors (Lipinski definition) is 4. The zero-order valence-corrected chi connectivity index (χ0v) is 5.48. The Morgan fingerprint density at radius 1 is 1.89 bits per heavy atom. The Labute approximate surface area is 55.4 Å². The van der Waals surface area contributed by atoms with E-state index in [4.69, 9.17) is 4.55 Å². The standard InChI is InChI=1S/C4H7NO3S/c6-4(7)3-1-9(8)2-5-3/h3,5,8H,1-2H2/t3-,9?/m0/s1. The maximum atomic E-state index is 10.1. The van der Waals surface area contributed by atoms with Crippen LogP contribution in [0.2, 0.25) is 0 Å². The molecule has 1 fully saturated rings. The van der Waals surface area contributed by atoms with E-state index in [1.165, 1.54) is 0 Å². The van der Waals surface area contributed by atoms with Crippen molar-refractivity contribution in [3.8, 4) is 0 Å². The molecule has 1 rings (SSSR count). The van der Waals surface area contributed by atoms with E-state index < -0.39 is 23.2 Å². The SMILES string of the molecule is O=C([O-])[C@@H]1C[S+](O)CN1. The van der Waals surface area contributed by atoms with E-state index in [0.717, 1.165) is 0 Å². The molecule has 5 heteroatoms. The number of carbonyl (C=O) groups excluding carboxylic acids is 1. The minimum atomic E-state index is -1.13. The average Bonchev–Trinajstić information content (AvgIpc) is 2.14. The first-order valence-electron chi connectivity index (χ1n) is 2.51. The van der Waals surface area contributed by atoms with Crippen LogP contribution in [0.4, 0.5) is 0 Å². The number of carbonyl (C=O) groups is 1. The lowest BCUT2D eigenvalue weighted by Crippen LogP contribution is -2.43. The van der Waals surface area contributed by atoms with Crippen molar-refractivity contribution in [2.24, 2.45) is 0 Å².